The van der Waals surface area contributed by atoms with Crippen molar-refractivity contribution >= 4 is 32.5 Å². The molecule has 0 saturated carbocycles. The topological polar surface area (TPSA) is 48.1 Å². The number of rotatable bonds is 3. The zero-order chi connectivity index (χ0) is 12.6. The van der Waals surface area contributed by atoms with Gasteiger partial charge in [-0.2, -0.15) is 0 Å². The molecule has 2 aromatic rings. The number of benzene rings is 1. The van der Waals surface area contributed by atoms with Gasteiger partial charge in [0.05, 0.1) is 10.4 Å². The van der Waals surface area contributed by atoms with Crippen LogP contribution in [0.3, 0.4) is 0 Å². The van der Waals surface area contributed by atoms with Crippen molar-refractivity contribution in [2.24, 2.45) is 0 Å². The highest BCUT2D eigenvalue weighted by Gasteiger charge is 2.14. The molecule has 0 aliphatic rings. The first-order chi connectivity index (χ1) is 8.04. The molecule has 0 amide bonds. The highest BCUT2D eigenvalue weighted by Crippen LogP contribution is 2.32. The van der Waals surface area contributed by atoms with Crippen molar-refractivity contribution in [1.29, 1.82) is 0 Å². The Kier molecular flexibility index (Phi) is 3.19. The highest BCUT2D eigenvalue weighted by atomic mass is 79.9. The molecule has 1 unspecified atom stereocenters. The summed E-state index contributed by atoms with van der Waals surface area (Å²) in [6.45, 7) is 4.20. The smallest absolute Gasteiger partial charge is 0.271 e. The lowest BCUT2D eigenvalue weighted by Crippen LogP contribution is -2.01. The van der Waals surface area contributed by atoms with E-state index < -0.39 is 0 Å². The minimum Gasteiger partial charge on any atom is -0.343 e. The molecule has 0 aliphatic heterocycles. The van der Waals surface area contributed by atoms with E-state index in [0.717, 1.165) is 21.8 Å². The van der Waals surface area contributed by atoms with Crippen molar-refractivity contribution in [3.05, 3.63) is 39.0 Å². The van der Waals surface area contributed by atoms with Crippen molar-refractivity contribution < 1.29 is 4.92 Å². The van der Waals surface area contributed by atoms with E-state index in [1.807, 2.05) is 6.20 Å². The molecule has 0 radical (unpaired) electrons. The van der Waals surface area contributed by atoms with Crippen LogP contribution in [-0.4, -0.2) is 9.49 Å². The van der Waals surface area contributed by atoms with Crippen LogP contribution in [0.2, 0.25) is 0 Å². The van der Waals surface area contributed by atoms with Crippen LogP contribution in [0, 0.1) is 10.1 Å². The first-order valence-corrected chi connectivity index (χ1v) is 6.28. The number of nitrogens with zero attached hydrogens (tertiary/aromatic N) is 2. The Labute approximate surface area is 108 Å². The normalized spacial score (nSPS) is 12.9. The summed E-state index contributed by atoms with van der Waals surface area (Å²) < 4.78 is 3.05. The maximum atomic E-state index is 10.8. The number of hydrogen-bond acceptors (Lipinski definition) is 2. The molecule has 1 atom stereocenters. The second kappa shape index (κ2) is 4.49. The highest BCUT2D eigenvalue weighted by molar-refractivity contribution is 9.10. The Morgan fingerprint density at radius 1 is 1.53 bits per heavy atom. The molecule has 1 aromatic heterocycles. The van der Waals surface area contributed by atoms with Crippen molar-refractivity contribution in [3.63, 3.8) is 0 Å². The second-order valence-corrected chi connectivity index (χ2v) is 4.95. The molecule has 1 heterocycles. The molecule has 2 rings (SSSR count). The lowest BCUT2D eigenvalue weighted by atomic mass is 10.2. The second-order valence-electron chi connectivity index (χ2n) is 4.10. The number of non-ortho nitro benzene ring substituents is 1. The predicted molar refractivity (Wildman–Crippen MR) is 71.3 cm³/mol. The molecule has 0 saturated heterocycles. The average molecular weight is 297 g/mol. The molecule has 0 spiro atoms. The third kappa shape index (κ3) is 2.07. The van der Waals surface area contributed by atoms with E-state index in [-0.39, 0.29) is 10.6 Å². The minimum atomic E-state index is -0.360. The van der Waals surface area contributed by atoms with Crippen LogP contribution >= 0.6 is 15.9 Å². The summed E-state index contributed by atoms with van der Waals surface area (Å²) in [7, 11) is 0. The number of nitro groups is 1. The SMILES string of the molecule is CCC(C)n1cc(Br)c2ccc([N+](=O)[O-])cc21. The van der Waals surface area contributed by atoms with Crippen LogP contribution in [0.1, 0.15) is 26.3 Å². The van der Waals surface area contributed by atoms with Gasteiger partial charge in [0.25, 0.3) is 5.69 Å². The maximum absolute atomic E-state index is 10.8. The van der Waals surface area contributed by atoms with Crippen LogP contribution < -0.4 is 0 Å². The Morgan fingerprint density at radius 3 is 2.82 bits per heavy atom. The molecule has 1 aromatic carbocycles. The van der Waals surface area contributed by atoms with Gasteiger partial charge in [-0.05, 0) is 35.3 Å². The Bertz CT molecular complexity index is 577. The standard InChI is InChI=1S/C12H13BrN2O2/c1-3-8(2)14-7-11(13)10-5-4-9(15(16)17)6-12(10)14/h4-8H,3H2,1-2H3. The molecule has 0 aliphatic carbocycles. The zero-order valence-corrected chi connectivity index (χ0v) is 11.3. The van der Waals surface area contributed by atoms with E-state index in [1.165, 1.54) is 6.07 Å². The number of nitro benzene ring substituents is 1. The van der Waals surface area contributed by atoms with E-state index in [4.69, 9.17) is 0 Å². The fourth-order valence-electron chi connectivity index (χ4n) is 1.87. The molecule has 5 heteroatoms. The molecule has 4 nitrogen and oxygen atoms in total. The fourth-order valence-corrected chi connectivity index (χ4v) is 2.43. The molecule has 90 valence electrons. The van der Waals surface area contributed by atoms with Gasteiger partial charge in [0, 0.05) is 34.2 Å². The summed E-state index contributed by atoms with van der Waals surface area (Å²) in [5.74, 6) is 0. The number of aromatic nitrogens is 1. The predicted octanol–water partition coefficient (Wildman–Crippen LogP) is 4.28. The molecular weight excluding hydrogens is 284 g/mol. The van der Waals surface area contributed by atoms with Gasteiger partial charge in [-0.1, -0.05) is 6.92 Å². The Balaban J connectivity index is 2.68. The van der Waals surface area contributed by atoms with Crippen molar-refractivity contribution in [2.75, 3.05) is 0 Å². The summed E-state index contributed by atoms with van der Waals surface area (Å²) in [5.41, 5.74) is 1.04. The van der Waals surface area contributed by atoms with Gasteiger partial charge >= 0.3 is 0 Å². The quantitative estimate of drug-likeness (QED) is 0.627. The van der Waals surface area contributed by atoms with Crippen molar-refractivity contribution in [3.8, 4) is 0 Å². The van der Waals surface area contributed by atoms with Crippen LogP contribution in [0.4, 0.5) is 5.69 Å². The summed E-state index contributed by atoms with van der Waals surface area (Å²) in [5, 5.41) is 11.8. The monoisotopic (exact) mass is 296 g/mol. The third-order valence-corrected chi connectivity index (χ3v) is 3.68. The first kappa shape index (κ1) is 12.1. The van der Waals surface area contributed by atoms with E-state index in [0.29, 0.717) is 6.04 Å². The van der Waals surface area contributed by atoms with E-state index in [9.17, 15) is 10.1 Å². The minimum absolute atomic E-state index is 0.132. The van der Waals surface area contributed by atoms with E-state index in [1.54, 1.807) is 12.1 Å². The summed E-state index contributed by atoms with van der Waals surface area (Å²) >= 11 is 3.49. The molecule has 0 bridgehead atoms. The zero-order valence-electron chi connectivity index (χ0n) is 9.68. The van der Waals surface area contributed by atoms with Gasteiger partial charge in [-0.15, -0.1) is 0 Å². The van der Waals surface area contributed by atoms with Gasteiger partial charge < -0.3 is 4.57 Å². The number of hydrogen-bond donors (Lipinski definition) is 0. The van der Waals surface area contributed by atoms with E-state index in [2.05, 4.69) is 34.3 Å². The molecular formula is C12H13BrN2O2. The van der Waals surface area contributed by atoms with Crippen molar-refractivity contribution in [1.82, 2.24) is 4.57 Å². The first-order valence-electron chi connectivity index (χ1n) is 5.49. The van der Waals surface area contributed by atoms with Crippen LogP contribution in [0.25, 0.3) is 10.9 Å². The molecule has 0 N–H and O–H groups in total. The summed E-state index contributed by atoms with van der Waals surface area (Å²) in [4.78, 5) is 10.4. The number of fused-ring (bicyclic) bond motifs is 1. The van der Waals surface area contributed by atoms with Gasteiger partial charge in [-0.3, -0.25) is 10.1 Å². The average Bonchev–Trinajstić information content (AvgIpc) is 2.65. The largest absolute Gasteiger partial charge is 0.343 e. The van der Waals surface area contributed by atoms with Crippen molar-refractivity contribution in [2.45, 2.75) is 26.3 Å². The number of halogens is 1. The maximum Gasteiger partial charge on any atom is 0.271 e. The van der Waals surface area contributed by atoms with Crippen LogP contribution in [0.5, 0.6) is 0 Å². The Hall–Kier alpha value is -1.36. The van der Waals surface area contributed by atoms with E-state index >= 15 is 0 Å². The van der Waals surface area contributed by atoms with Crippen LogP contribution in [0.15, 0.2) is 28.9 Å². The van der Waals surface area contributed by atoms with Gasteiger partial charge in [-0.25, -0.2) is 0 Å². The lowest BCUT2D eigenvalue weighted by molar-refractivity contribution is -0.384. The van der Waals surface area contributed by atoms with Gasteiger partial charge in [0.1, 0.15) is 0 Å². The molecule has 0 fully saturated rings. The van der Waals surface area contributed by atoms with Crippen LogP contribution in [-0.2, 0) is 0 Å². The third-order valence-electron chi connectivity index (χ3n) is 3.05. The lowest BCUT2D eigenvalue weighted by Gasteiger charge is -2.12. The van der Waals surface area contributed by atoms with Gasteiger partial charge in [0.15, 0.2) is 0 Å². The molecule has 17 heavy (non-hydrogen) atoms. The Morgan fingerprint density at radius 2 is 2.24 bits per heavy atom. The van der Waals surface area contributed by atoms with Gasteiger partial charge in [0.2, 0.25) is 0 Å². The summed E-state index contributed by atoms with van der Waals surface area (Å²) in [6, 6.07) is 5.28. The fraction of sp³-hybridized carbons (Fsp3) is 0.333. The summed E-state index contributed by atoms with van der Waals surface area (Å²) in [6.07, 6.45) is 2.97.